The van der Waals surface area contributed by atoms with Crippen molar-refractivity contribution in [2.24, 2.45) is 0 Å². The summed E-state index contributed by atoms with van der Waals surface area (Å²) in [5, 5.41) is 11.7. The van der Waals surface area contributed by atoms with Gasteiger partial charge in [-0.2, -0.15) is 9.28 Å². The predicted octanol–water partition coefficient (Wildman–Crippen LogP) is 2.56. The summed E-state index contributed by atoms with van der Waals surface area (Å²) in [6, 6.07) is -0.993. The smallest absolute Gasteiger partial charge is 0.465 e. The number of likely N-dealkylation sites (tertiary alicyclic amines) is 1. The third kappa shape index (κ3) is 6.59. The maximum Gasteiger partial charge on any atom is 0.524 e. The van der Waals surface area contributed by atoms with Crippen LogP contribution in [0.4, 0.5) is 14.4 Å². The van der Waals surface area contributed by atoms with Crippen molar-refractivity contribution in [3.63, 3.8) is 0 Å². The maximum atomic E-state index is 13.1. The fraction of sp³-hybridized carbons (Fsp3) is 0.789. The van der Waals surface area contributed by atoms with Crippen LogP contribution in [0.5, 0.6) is 0 Å². The summed E-state index contributed by atoms with van der Waals surface area (Å²) in [5.41, 5.74) is -1.58. The number of rotatable bonds is 3. The Kier molecular flexibility index (Phi) is 7.29. The summed E-state index contributed by atoms with van der Waals surface area (Å²) in [4.78, 5) is 50.6. The van der Waals surface area contributed by atoms with E-state index in [1.54, 1.807) is 48.5 Å². The molecule has 0 aromatic heterocycles. The molecule has 0 aromatic carbocycles. The van der Waals surface area contributed by atoms with Crippen molar-refractivity contribution in [1.82, 2.24) is 10.2 Å². The molecule has 10 heteroatoms. The molecule has 0 aromatic rings. The molecule has 0 saturated carbocycles. The lowest BCUT2D eigenvalue weighted by Crippen LogP contribution is -2.64. The number of nitrogens with one attached hydrogen (secondary N) is 1. The van der Waals surface area contributed by atoms with E-state index in [4.69, 9.17) is 9.47 Å². The molecule has 1 fully saturated rings. The van der Waals surface area contributed by atoms with Crippen molar-refractivity contribution in [2.45, 2.75) is 78.2 Å². The highest BCUT2D eigenvalue weighted by molar-refractivity contribution is 5.85. The number of amides is 4. The lowest BCUT2D eigenvalue weighted by molar-refractivity contribution is -0.787. The van der Waals surface area contributed by atoms with Gasteiger partial charge in [-0.1, -0.05) is 0 Å². The van der Waals surface area contributed by atoms with Crippen LogP contribution >= 0.6 is 0 Å². The predicted molar refractivity (Wildman–Crippen MR) is 104 cm³/mol. The monoisotopic (exact) mass is 416 g/mol. The van der Waals surface area contributed by atoms with Gasteiger partial charge < -0.3 is 19.9 Å². The highest BCUT2D eigenvalue weighted by Gasteiger charge is 2.54. The Labute approximate surface area is 171 Å². The second kappa shape index (κ2) is 8.56. The number of quaternary nitrogens is 1. The van der Waals surface area contributed by atoms with Gasteiger partial charge in [0.25, 0.3) is 0 Å². The first-order valence-electron chi connectivity index (χ1n) is 9.57. The molecule has 0 bridgehead atoms. The molecular weight excluding hydrogens is 382 g/mol. The molecular formula is C19H34N3O7+. The summed E-state index contributed by atoms with van der Waals surface area (Å²) in [6.45, 7) is 11.4. The number of likely N-dealkylation sites (N-methyl/N-ethyl adjacent to an activating group) is 1. The molecule has 0 radical (unpaired) electrons. The van der Waals surface area contributed by atoms with Crippen LogP contribution < -0.4 is 5.32 Å². The zero-order valence-corrected chi connectivity index (χ0v) is 18.6. The first-order valence-corrected chi connectivity index (χ1v) is 9.57. The molecule has 1 saturated heterocycles. The molecule has 166 valence electrons. The Morgan fingerprint density at radius 1 is 1.07 bits per heavy atom. The first kappa shape index (κ1) is 24.7. The van der Waals surface area contributed by atoms with Crippen LogP contribution in [-0.4, -0.2) is 82.1 Å². The fourth-order valence-corrected chi connectivity index (χ4v) is 3.08. The number of carboxylic acid groups (broad SMARTS) is 1. The van der Waals surface area contributed by atoms with Crippen molar-refractivity contribution >= 4 is 24.2 Å². The molecule has 0 spiro atoms. The zero-order chi connectivity index (χ0) is 22.8. The summed E-state index contributed by atoms with van der Waals surface area (Å²) in [6.07, 6.45) is -2.39. The second-order valence-corrected chi connectivity index (χ2v) is 9.48. The molecule has 2 N–H and O–H groups in total. The Morgan fingerprint density at radius 2 is 1.59 bits per heavy atom. The van der Waals surface area contributed by atoms with Gasteiger partial charge in [-0.15, -0.1) is 0 Å². The van der Waals surface area contributed by atoms with Crippen molar-refractivity contribution in [3.8, 4) is 0 Å². The first-order chi connectivity index (χ1) is 13.0. The third-order valence-electron chi connectivity index (χ3n) is 4.60. The number of alkyl carbamates (subject to hydrolysis) is 1. The van der Waals surface area contributed by atoms with E-state index in [0.29, 0.717) is 6.42 Å². The Bertz CT molecular complexity index is 666. The minimum atomic E-state index is -1.12. The zero-order valence-electron chi connectivity index (χ0n) is 18.6. The van der Waals surface area contributed by atoms with Crippen molar-refractivity contribution < 1.29 is 38.2 Å². The normalized spacial score (nSPS) is 21.9. The lowest BCUT2D eigenvalue weighted by atomic mass is 10.1. The highest BCUT2D eigenvalue weighted by Crippen LogP contribution is 2.29. The van der Waals surface area contributed by atoms with E-state index in [-0.39, 0.29) is 12.6 Å². The van der Waals surface area contributed by atoms with E-state index in [1.807, 2.05) is 0 Å². The molecule has 1 heterocycles. The van der Waals surface area contributed by atoms with Crippen LogP contribution in [0.3, 0.4) is 0 Å². The number of hydrogen-bond donors (Lipinski definition) is 2. The third-order valence-corrected chi connectivity index (χ3v) is 4.60. The van der Waals surface area contributed by atoms with Crippen LogP contribution in [-0.2, 0) is 14.3 Å². The standard InChI is InChI=1S/C19H33N3O7/c1-12-9-13(11-21(12)16(25)26)22(8,17(27)29-19(5,6)7)14(23)10-20-15(24)28-18(2,3)4/h12-13H,9-11H2,1-8H3,(H-,20,24,25,26)/p+1/t12-,13-,22?/m1/s1. The highest BCUT2D eigenvalue weighted by atomic mass is 16.6. The Hall–Kier alpha value is -2.36. The molecule has 3 atom stereocenters. The number of imide groups is 1. The van der Waals surface area contributed by atoms with Gasteiger partial charge in [-0.25, -0.2) is 14.4 Å². The van der Waals surface area contributed by atoms with Crippen LogP contribution in [0.15, 0.2) is 0 Å². The maximum absolute atomic E-state index is 13.1. The average Bonchev–Trinajstić information content (AvgIpc) is 2.90. The van der Waals surface area contributed by atoms with E-state index in [0.717, 1.165) is 0 Å². The molecule has 0 aliphatic carbocycles. The minimum Gasteiger partial charge on any atom is -0.465 e. The van der Waals surface area contributed by atoms with Crippen molar-refractivity contribution in [2.75, 3.05) is 20.1 Å². The molecule has 4 amide bonds. The number of nitrogens with zero attached hydrogens (tertiary/aromatic N) is 2. The summed E-state index contributed by atoms with van der Waals surface area (Å²) in [7, 11) is 1.40. The number of ether oxygens (including phenoxy) is 2. The fourth-order valence-electron chi connectivity index (χ4n) is 3.08. The van der Waals surface area contributed by atoms with E-state index in [9.17, 15) is 24.3 Å². The molecule has 1 aliphatic heterocycles. The SMILES string of the molecule is C[C@@H]1C[C@@H]([N+](C)(C(=O)CNC(=O)OC(C)(C)C)C(=O)OC(C)(C)C)CN1C(=O)O. The van der Waals surface area contributed by atoms with Crippen LogP contribution in [0.1, 0.15) is 54.9 Å². The van der Waals surface area contributed by atoms with Crippen LogP contribution in [0.2, 0.25) is 0 Å². The Balaban J connectivity index is 3.08. The lowest BCUT2D eigenvalue weighted by Gasteiger charge is -2.35. The topological polar surface area (TPSA) is 122 Å². The van der Waals surface area contributed by atoms with Crippen molar-refractivity contribution in [1.29, 1.82) is 0 Å². The van der Waals surface area contributed by atoms with Gasteiger partial charge in [0.1, 0.15) is 23.8 Å². The van der Waals surface area contributed by atoms with E-state index < -0.39 is 52.5 Å². The van der Waals surface area contributed by atoms with Gasteiger partial charge in [-0.3, -0.25) is 4.90 Å². The van der Waals surface area contributed by atoms with Gasteiger partial charge in [0.15, 0.2) is 0 Å². The largest absolute Gasteiger partial charge is 0.524 e. The van der Waals surface area contributed by atoms with Crippen LogP contribution in [0.25, 0.3) is 0 Å². The average molecular weight is 416 g/mol. The minimum absolute atomic E-state index is 0.00439. The van der Waals surface area contributed by atoms with E-state index in [1.165, 1.54) is 11.9 Å². The molecule has 29 heavy (non-hydrogen) atoms. The quantitative estimate of drug-likeness (QED) is 0.678. The number of carbonyl (C=O) groups excluding carboxylic acids is 3. The number of carbonyl (C=O) groups is 4. The van der Waals surface area contributed by atoms with E-state index in [2.05, 4.69) is 5.32 Å². The summed E-state index contributed by atoms with van der Waals surface area (Å²) in [5.74, 6) is -0.616. The van der Waals surface area contributed by atoms with Gasteiger partial charge in [-0.05, 0) is 48.5 Å². The van der Waals surface area contributed by atoms with Gasteiger partial charge >= 0.3 is 24.2 Å². The van der Waals surface area contributed by atoms with E-state index >= 15 is 0 Å². The van der Waals surface area contributed by atoms with Crippen LogP contribution in [0, 0.1) is 0 Å². The second-order valence-electron chi connectivity index (χ2n) is 9.48. The Morgan fingerprint density at radius 3 is 2.00 bits per heavy atom. The van der Waals surface area contributed by atoms with Gasteiger partial charge in [0.05, 0.1) is 13.6 Å². The molecule has 1 rings (SSSR count). The summed E-state index contributed by atoms with van der Waals surface area (Å²) < 4.78 is 9.80. The van der Waals surface area contributed by atoms with Gasteiger partial charge in [0.2, 0.25) is 0 Å². The molecule has 1 unspecified atom stereocenters. The summed E-state index contributed by atoms with van der Waals surface area (Å²) >= 11 is 0. The van der Waals surface area contributed by atoms with Gasteiger partial charge in [0, 0.05) is 12.5 Å². The molecule has 10 nitrogen and oxygen atoms in total. The van der Waals surface area contributed by atoms with Crippen molar-refractivity contribution in [3.05, 3.63) is 0 Å². The molecule has 1 aliphatic rings. The number of hydrogen-bond acceptors (Lipinski definition) is 6.